The van der Waals surface area contributed by atoms with Crippen LogP contribution in [0.4, 0.5) is 11.4 Å². The molecule has 3 aromatic carbocycles. The number of anilines is 2. The minimum absolute atomic E-state index is 0.0957. The van der Waals surface area contributed by atoms with Crippen molar-refractivity contribution in [2.75, 3.05) is 43.4 Å². The van der Waals surface area contributed by atoms with Gasteiger partial charge in [0.25, 0.3) is 5.91 Å². The summed E-state index contributed by atoms with van der Waals surface area (Å²) in [5.74, 6) is -0.383. The fourth-order valence-electron chi connectivity index (χ4n) is 5.32. The number of nitrogens with one attached hydrogen (secondary N) is 1. The van der Waals surface area contributed by atoms with E-state index in [-0.39, 0.29) is 29.6 Å². The number of nitrogens with zero attached hydrogens (tertiary/aromatic N) is 3. The molecule has 1 N–H and O–H groups in total. The van der Waals surface area contributed by atoms with E-state index < -0.39 is 0 Å². The molecule has 0 bridgehead atoms. The SMILES string of the molecule is CC[C@H](C(=O)N1CCCN(c2ccc(NC(=O)C(C)C)cc2C(=O)N(C)Cc2ccccc2)CC1)c1ccccc1. The Morgan fingerprint density at radius 2 is 1.56 bits per heavy atom. The van der Waals surface area contributed by atoms with Gasteiger partial charge in [-0.2, -0.15) is 0 Å². The molecule has 1 saturated heterocycles. The van der Waals surface area contributed by atoms with E-state index in [1.54, 1.807) is 18.0 Å². The Labute approximate surface area is 244 Å². The van der Waals surface area contributed by atoms with E-state index in [9.17, 15) is 14.4 Å². The summed E-state index contributed by atoms with van der Waals surface area (Å²) in [6, 6.07) is 25.5. The monoisotopic (exact) mass is 554 g/mol. The molecule has 0 aliphatic carbocycles. The van der Waals surface area contributed by atoms with Crippen LogP contribution in [0.5, 0.6) is 0 Å². The number of carbonyl (C=O) groups excluding carboxylic acids is 3. The standard InChI is InChI=1S/C34H42N4O3/c1-5-29(27-15-10-7-11-16-27)34(41)38-20-12-19-37(21-22-38)31-18-17-28(35-32(39)25(2)3)23-30(31)33(40)36(4)24-26-13-8-6-9-14-26/h6-11,13-18,23,25,29H,5,12,19-22,24H2,1-4H3,(H,35,39)/t29-/m0/s1. The smallest absolute Gasteiger partial charge is 0.256 e. The van der Waals surface area contributed by atoms with Crippen molar-refractivity contribution >= 4 is 29.1 Å². The summed E-state index contributed by atoms with van der Waals surface area (Å²) in [5.41, 5.74) is 4.06. The first kappa shape index (κ1) is 29.8. The van der Waals surface area contributed by atoms with Crippen LogP contribution in [0, 0.1) is 5.92 Å². The molecule has 7 heteroatoms. The molecule has 3 amide bonds. The number of hydrogen-bond donors (Lipinski definition) is 1. The van der Waals surface area contributed by atoms with Crippen molar-refractivity contribution in [2.45, 2.75) is 46.1 Å². The highest BCUT2D eigenvalue weighted by Gasteiger charge is 2.28. The minimum Gasteiger partial charge on any atom is -0.369 e. The van der Waals surface area contributed by atoms with E-state index in [4.69, 9.17) is 0 Å². The molecule has 1 aliphatic heterocycles. The quantitative estimate of drug-likeness (QED) is 0.364. The second-order valence-electron chi connectivity index (χ2n) is 11.1. The predicted molar refractivity (Wildman–Crippen MR) is 165 cm³/mol. The predicted octanol–water partition coefficient (Wildman–Crippen LogP) is 5.79. The van der Waals surface area contributed by atoms with Gasteiger partial charge >= 0.3 is 0 Å². The molecule has 7 nitrogen and oxygen atoms in total. The number of amides is 3. The van der Waals surface area contributed by atoms with E-state index in [1.165, 1.54) is 0 Å². The zero-order valence-electron chi connectivity index (χ0n) is 24.7. The summed E-state index contributed by atoms with van der Waals surface area (Å²) in [4.78, 5) is 45.7. The van der Waals surface area contributed by atoms with E-state index in [0.29, 0.717) is 37.4 Å². The largest absolute Gasteiger partial charge is 0.369 e. The zero-order chi connectivity index (χ0) is 29.4. The fourth-order valence-corrected chi connectivity index (χ4v) is 5.32. The molecule has 4 rings (SSSR count). The van der Waals surface area contributed by atoms with E-state index >= 15 is 0 Å². The maximum atomic E-state index is 13.8. The minimum atomic E-state index is -0.174. The highest BCUT2D eigenvalue weighted by molar-refractivity contribution is 6.02. The summed E-state index contributed by atoms with van der Waals surface area (Å²) in [5, 5.41) is 2.94. The number of hydrogen-bond acceptors (Lipinski definition) is 4. The lowest BCUT2D eigenvalue weighted by atomic mass is 9.95. The normalized spacial score (nSPS) is 14.4. The van der Waals surface area contributed by atoms with Crippen molar-refractivity contribution in [1.29, 1.82) is 0 Å². The van der Waals surface area contributed by atoms with Gasteiger partial charge in [0.05, 0.1) is 11.5 Å². The first-order valence-corrected chi connectivity index (χ1v) is 14.6. The molecule has 0 unspecified atom stereocenters. The molecule has 1 fully saturated rings. The van der Waals surface area contributed by atoms with Gasteiger partial charge in [0.15, 0.2) is 0 Å². The lowest BCUT2D eigenvalue weighted by Crippen LogP contribution is -2.38. The molecule has 1 aliphatic rings. The molecule has 0 spiro atoms. The van der Waals surface area contributed by atoms with Crippen molar-refractivity contribution in [3.8, 4) is 0 Å². The molecule has 0 saturated carbocycles. The van der Waals surface area contributed by atoms with Crippen LogP contribution in [0.2, 0.25) is 0 Å². The third-order valence-corrected chi connectivity index (χ3v) is 7.68. The Morgan fingerprint density at radius 1 is 0.878 bits per heavy atom. The fraction of sp³-hybridized carbons (Fsp3) is 0.382. The molecular formula is C34H42N4O3. The van der Waals surface area contributed by atoms with Crippen molar-refractivity contribution in [1.82, 2.24) is 9.80 Å². The van der Waals surface area contributed by atoms with E-state index in [1.807, 2.05) is 91.5 Å². The van der Waals surface area contributed by atoms with Gasteiger partial charge in [-0.25, -0.2) is 0 Å². The van der Waals surface area contributed by atoms with Gasteiger partial charge in [-0.15, -0.1) is 0 Å². The van der Waals surface area contributed by atoms with Gasteiger partial charge in [0.2, 0.25) is 11.8 Å². The van der Waals surface area contributed by atoms with Crippen molar-refractivity contribution in [3.05, 3.63) is 95.6 Å². The van der Waals surface area contributed by atoms with Gasteiger partial charge in [-0.1, -0.05) is 81.4 Å². The lowest BCUT2D eigenvalue weighted by molar-refractivity contribution is -0.132. The van der Waals surface area contributed by atoms with Crippen LogP contribution in [0.1, 0.15) is 61.0 Å². The van der Waals surface area contributed by atoms with Crippen LogP contribution in [-0.4, -0.2) is 60.7 Å². The average Bonchev–Trinajstić information content (AvgIpc) is 3.24. The topological polar surface area (TPSA) is 73.0 Å². The van der Waals surface area contributed by atoms with Gasteiger partial charge in [-0.3, -0.25) is 14.4 Å². The Kier molecular flexibility index (Phi) is 10.2. The van der Waals surface area contributed by atoms with Crippen molar-refractivity contribution in [2.24, 2.45) is 5.92 Å². The summed E-state index contributed by atoms with van der Waals surface area (Å²) >= 11 is 0. The molecule has 3 aromatic rings. The molecule has 0 aromatic heterocycles. The Morgan fingerprint density at radius 3 is 2.22 bits per heavy atom. The van der Waals surface area contributed by atoms with Gasteiger partial charge in [-0.05, 0) is 42.2 Å². The second-order valence-corrected chi connectivity index (χ2v) is 11.1. The third-order valence-electron chi connectivity index (χ3n) is 7.68. The second kappa shape index (κ2) is 14.0. The summed E-state index contributed by atoms with van der Waals surface area (Å²) in [6.45, 7) is 8.83. The maximum Gasteiger partial charge on any atom is 0.256 e. The number of carbonyl (C=O) groups is 3. The first-order valence-electron chi connectivity index (χ1n) is 14.6. The zero-order valence-corrected chi connectivity index (χ0v) is 24.7. The van der Waals surface area contributed by atoms with Crippen LogP contribution in [-0.2, 0) is 16.1 Å². The highest BCUT2D eigenvalue weighted by atomic mass is 16.2. The molecule has 1 heterocycles. The molecule has 216 valence electrons. The average molecular weight is 555 g/mol. The Balaban J connectivity index is 1.56. The maximum absolute atomic E-state index is 13.8. The number of benzene rings is 3. The van der Waals surface area contributed by atoms with E-state index in [2.05, 4.69) is 17.1 Å². The summed E-state index contributed by atoms with van der Waals surface area (Å²) in [7, 11) is 1.80. The third kappa shape index (κ3) is 7.54. The van der Waals surface area contributed by atoms with E-state index in [0.717, 1.165) is 36.2 Å². The van der Waals surface area contributed by atoms with Crippen LogP contribution in [0.15, 0.2) is 78.9 Å². The van der Waals surface area contributed by atoms with Gasteiger partial charge in [0.1, 0.15) is 0 Å². The van der Waals surface area contributed by atoms with Crippen LogP contribution in [0.25, 0.3) is 0 Å². The first-order chi connectivity index (χ1) is 19.8. The Hall–Kier alpha value is -4.13. The molecular weight excluding hydrogens is 512 g/mol. The van der Waals surface area contributed by atoms with Crippen molar-refractivity contribution < 1.29 is 14.4 Å². The van der Waals surface area contributed by atoms with Crippen LogP contribution < -0.4 is 10.2 Å². The number of rotatable bonds is 9. The Bertz CT molecular complexity index is 1330. The van der Waals surface area contributed by atoms with Gasteiger partial charge < -0.3 is 20.0 Å². The molecule has 0 radical (unpaired) electrons. The summed E-state index contributed by atoms with van der Waals surface area (Å²) < 4.78 is 0. The highest BCUT2D eigenvalue weighted by Crippen LogP contribution is 2.29. The molecule has 1 atom stereocenters. The summed E-state index contributed by atoms with van der Waals surface area (Å²) in [6.07, 6.45) is 1.55. The van der Waals surface area contributed by atoms with Crippen LogP contribution in [0.3, 0.4) is 0 Å². The van der Waals surface area contributed by atoms with Crippen LogP contribution >= 0.6 is 0 Å². The van der Waals surface area contributed by atoms with Crippen molar-refractivity contribution in [3.63, 3.8) is 0 Å². The lowest BCUT2D eigenvalue weighted by Gasteiger charge is -2.28. The van der Waals surface area contributed by atoms with Gasteiger partial charge in [0, 0.05) is 57.1 Å². The molecule has 41 heavy (non-hydrogen) atoms.